The first kappa shape index (κ1) is 23.0. The van der Waals surface area contributed by atoms with Crippen LogP contribution in [0.15, 0.2) is 4.99 Å². The number of unbranched alkanes of at least 4 members (excludes halogenated alkanes) is 1. The number of rotatable bonds is 9. The van der Waals surface area contributed by atoms with Crippen molar-refractivity contribution in [1.82, 2.24) is 35.2 Å². The van der Waals surface area contributed by atoms with E-state index in [4.69, 9.17) is 4.99 Å². The lowest BCUT2D eigenvalue weighted by atomic mass is 10.0. The molecular formula is C22H42N8. The number of likely N-dealkylation sites (tertiary alicyclic amines) is 2. The maximum atomic E-state index is 4.88. The minimum Gasteiger partial charge on any atom is -0.355 e. The Bertz CT molecular complexity index is 662. The quantitative estimate of drug-likeness (QED) is 0.471. The van der Waals surface area contributed by atoms with Crippen molar-refractivity contribution >= 4 is 5.96 Å². The van der Waals surface area contributed by atoms with E-state index in [0.29, 0.717) is 18.6 Å². The summed E-state index contributed by atoms with van der Waals surface area (Å²) in [7, 11) is 2.00. The van der Waals surface area contributed by atoms with Gasteiger partial charge in [-0.3, -0.25) is 4.90 Å². The van der Waals surface area contributed by atoms with E-state index < -0.39 is 0 Å². The second-order valence-electron chi connectivity index (χ2n) is 8.81. The number of aliphatic imine (C=N–C) groups is 1. The Morgan fingerprint density at radius 1 is 1.13 bits per heavy atom. The molecule has 8 nitrogen and oxygen atoms in total. The maximum absolute atomic E-state index is 4.88. The second-order valence-corrected chi connectivity index (χ2v) is 8.81. The summed E-state index contributed by atoms with van der Waals surface area (Å²) < 4.78 is 2.02. The van der Waals surface area contributed by atoms with Crippen LogP contribution in [-0.4, -0.2) is 81.9 Å². The molecule has 8 heteroatoms. The van der Waals surface area contributed by atoms with E-state index in [2.05, 4.69) is 44.5 Å². The van der Waals surface area contributed by atoms with E-state index in [-0.39, 0.29) is 0 Å². The van der Waals surface area contributed by atoms with Crippen molar-refractivity contribution in [2.75, 3.05) is 39.3 Å². The molecule has 0 radical (unpaired) electrons. The minimum absolute atomic E-state index is 0.487. The van der Waals surface area contributed by atoms with E-state index in [9.17, 15) is 0 Å². The predicted molar refractivity (Wildman–Crippen MR) is 123 cm³/mol. The van der Waals surface area contributed by atoms with Gasteiger partial charge in [0.25, 0.3) is 0 Å². The minimum atomic E-state index is 0.487. The molecule has 2 aliphatic rings. The van der Waals surface area contributed by atoms with Gasteiger partial charge < -0.3 is 20.1 Å². The third kappa shape index (κ3) is 6.41. The van der Waals surface area contributed by atoms with Crippen molar-refractivity contribution < 1.29 is 0 Å². The SMILES string of the molecule is CCCCN1CCC(NC(=NCc2nnc(C)n2C)NCC2CCCN2CC)CC1. The van der Waals surface area contributed by atoms with Gasteiger partial charge in [0, 0.05) is 38.8 Å². The van der Waals surface area contributed by atoms with Crippen LogP contribution < -0.4 is 10.6 Å². The third-order valence-corrected chi connectivity index (χ3v) is 6.73. The third-order valence-electron chi connectivity index (χ3n) is 6.73. The molecule has 0 bridgehead atoms. The topological polar surface area (TPSA) is 73.6 Å². The van der Waals surface area contributed by atoms with Crippen molar-refractivity contribution in [2.24, 2.45) is 12.0 Å². The van der Waals surface area contributed by atoms with Crippen LogP contribution in [0.1, 0.15) is 64.0 Å². The first-order chi connectivity index (χ1) is 14.6. The highest BCUT2D eigenvalue weighted by molar-refractivity contribution is 5.80. The van der Waals surface area contributed by atoms with Crippen molar-refractivity contribution in [1.29, 1.82) is 0 Å². The Kier molecular flexibility index (Phi) is 8.93. The van der Waals surface area contributed by atoms with E-state index in [1.54, 1.807) is 0 Å². The first-order valence-corrected chi connectivity index (χ1v) is 12.0. The Morgan fingerprint density at radius 2 is 1.93 bits per heavy atom. The zero-order valence-corrected chi connectivity index (χ0v) is 19.5. The molecule has 0 amide bonds. The molecule has 2 saturated heterocycles. The molecule has 2 N–H and O–H groups in total. The van der Waals surface area contributed by atoms with Gasteiger partial charge in [0.05, 0.1) is 0 Å². The van der Waals surface area contributed by atoms with Crippen LogP contribution in [-0.2, 0) is 13.6 Å². The summed E-state index contributed by atoms with van der Waals surface area (Å²) in [5.74, 6) is 2.75. The molecule has 2 fully saturated rings. The van der Waals surface area contributed by atoms with Gasteiger partial charge in [0.2, 0.25) is 0 Å². The van der Waals surface area contributed by atoms with Crippen molar-refractivity contribution in [2.45, 2.75) is 77.9 Å². The van der Waals surface area contributed by atoms with Crippen LogP contribution in [0.2, 0.25) is 0 Å². The van der Waals surface area contributed by atoms with Gasteiger partial charge in [-0.05, 0) is 58.7 Å². The fraction of sp³-hybridized carbons (Fsp3) is 0.864. The van der Waals surface area contributed by atoms with Gasteiger partial charge in [-0.1, -0.05) is 20.3 Å². The van der Waals surface area contributed by atoms with Crippen molar-refractivity contribution in [3.8, 4) is 0 Å². The smallest absolute Gasteiger partial charge is 0.191 e. The molecule has 0 aliphatic carbocycles. The molecule has 2 aliphatic heterocycles. The summed E-state index contributed by atoms with van der Waals surface area (Å²) in [6.07, 6.45) is 7.51. The second kappa shape index (κ2) is 11.6. The summed E-state index contributed by atoms with van der Waals surface area (Å²) in [6.45, 7) is 13.9. The summed E-state index contributed by atoms with van der Waals surface area (Å²) in [5.41, 5.74) is 0. The van der Waals surface area contributed by atoms with Crippen molar-refractivity contribution in [3.63, 3.8) is 0 Å². The number of likely N-dealkylation sites (N-methyl/N-ethyl adjacent to an activating group) is 1. The molecule has 1 aromatic rings. The lowest BCUT2D eigenvalue weighted by molar-refractivity contribution is 0.203. The normalized spacial score (nSPS) is 22.0. The average molecular weight is 419 g/mol. The summed E-state index contributed by atoms with van der Waals surface area (Å²) >= 11 is 0. The molecule has 0 aromatic carbocycles. The number of nitrogens with zero attached hydrogens (tertiary/aromatic N) is 6. The molecule has 170 valence electrons. The van der Waals surface area contributed by atoms with Crippen LogP contribution in [0.5, 0.6) is 0 Å². The van der Waals surface area contributed by atoms with Gasteiger partial charge >= 0.3 is 0 Å². The van der Waals surface area contributed by atoms with Crippen molar-refractivity contribution in [3.05, 3.63) is 11.6 Å². The first-order valence-electron chi connectivity index (χ1n) is 12.0. The van der Waals surface area contributed by atoms with Crippen LogP contribution in [0.4, 0.5) is 0 Å². The fourth-order valence-corrected chi connectivity index (χ4v) is 4.52. The fourth-order valence-electron chi connectivity index (χ4n) is 4.52. The number of guanidine groups is 1. The molecule has 1 unspecified atom stereocenters. The van der Waals surface area contributed by atoms with Crippen LogP contribution in [0, 0.1) is 6.92 Å². The molecular weight excluding hydrogens is 376 g/mol. The average Bonchev–Trinajstić information content (AvgIpc) is 3.35. The molecule has 0 saturated carbocycles. The number of nitrogens with one attached hydrogen (secondary N) is 2. The molecule has 30 heavy (non-hydrogen) atoms. The predicted octanol–water partition coefficient (Wildman–Crippen LogP) is 1.91. The number of piperidine rings is 1. The maximum Gasteiger partial charge on any atom is 0.191 e. The van der Waals surface area contributed by atoms with Crippen LogP contribution in [0.25, 0.3) is 0 Å². The number of hydrogen-bond acceptors (Lipinski definition) is 5. The number of aromatic nitrogens is 3. The molecule has 1 atom stereocenters. The zero-order valence-electron chi connectivity index (χ0n) is 19.5. The van der Waals surface area contributed by atoms with Gasteiger partial charge in [-0.2, -0.15) is 0 Å². The van der Waals surface area contributed by atoms with Crippen LogP contribution in [0.3, 0.4) is 0 Å². The van der Waals surface area contributed by atoms with E-state index >= 15 is 0 Å². The Labute approximate surface area is 182 Å². The number of aryl methyl sites for hydroxylation is 1. The summed E-state index contributed by atoms with van der Waals surface area (Å²) in [6, 6.07) is 1.09. The lowest BCUT2D eigenvalue weighted by Gasteiger charge is -2.33. The molecule has 0 spiro atoms. The van der Waals surface area contributed by atoms with E-state index in [1.165, 1.54) is 64.7 Å². The highest BCUT2D eigenvalue weighted by atomic mass is 15.3. The Balaban J connectivity index is 1.57. The van der Waals surface area contributed by atoms with E-state index in [1.807, 2.05) is 18.5 Å². The lowest BCUT2D eigenvalue weighted by Crippen LogP contribution is -2.51. The van der Waals surface area contributed by atoms with Gasteiger partial charge in [0.1, 0.15) is 12.4 Å². The standard InChI is InChI=1S/C22H42N8/c1-5-7-12-29-14-10-19(11-15-29)25-22(23-16-20-9-8-13-30(20)6-2)24-17-21-27-26-18(3)28(21)4/h19-20H,5-17H2,1-4H3,(H2,23,24,25). The zero-order chi connectivity index (χ0) is 21.3. The molecule has 1 aromatic heterocycles. The van der Waals surface area contributed by atoms with Gasteiger partial charge in [-0.25, -0.2) is 4.99 Å². The highest BCUT2D eigenvalue weighted by Gasteiger charge is 2.24. The monoisotopic (exact) mass is 418 g/mol. The van der Waals surface area contributed by atoms with E-state index in [0.717, 1.165) is 30.7 Å². The number of hydrogen-bond donors (Lipinski definition) is 2. The largest absolute Gasteiger partial charge is 0.355 e. The van der Waals surface area contributed by atoms with Gasteiger partial charge in [0.15, 0.2) is 11.8 Å². The molecule has 3 heterocycles. The summed E-state index contributed by atoms with van der Waals surface area (Å²) in [5, 5.41) is 15.8. The van der Waals surface area contributed by atoms with Gasteiger partial charge in [-0.15, -0.1) is 10.2 Å². The Morgan fingerprint density at radius 3 is 2.60 bits per heavy atom. The molecule has 3 rings (SSSR count). The summed E-state index contributed by atoms with van der Waals surface area (Å²) in [4.78, 5) is 10.1. The highest BCUT2D eigenvalue weighted by Crippen LogP contribution is 2.16. The van der Waals surface area contributed by atoms with Crippen LogP contribution >= 0.6 is 0 Å². The Hall–Kier alpha value is -1.67.